The number of hydrogen-bond acceptors (Lipinski definition) is 6. The molecule has 124 valence electrons. The van der Waals surface area contributed by atoms with Crippen molar-refractivity contribution < 1.29 is 31.5 Å². The molecule has 10 heteroatoms. The van der Waals surface area contributed by atoms with Crippen molar-refractivity contribution >= 4 is 21.7 Å². The quantitative estimate of drug-likeness (QED) is 0.579. The van der Waals surface area contributed by atoms with Crippen LogP contribution < -0.4 is 5.32 Å². The second-order valence-corrected chi connectivity index (χ2v) is 6.08. The largest absolute Gasteiger partial charge is 0.452 e. The summed E-state index contributed by atoms with van der Waals surface area (Å²) in [6.07, 6.45) is 0.111. The number of hydrogen-bond donors (Lipinski definition) is 1. The van der Waals surface area contributed by atoms with E-state index in [0.717, 1.165) is 24.3 Å². The summed E-state index contributed by atoms with van der Waals surface area (Å²) < 4.78 is 51.8. The predicted molar refractivity (Wildman–Crippen MR) is 73.2 cm³/mol. The first-order valence-electron chi connectivity index (χ1n) is 6.22. The number of carbonyl (C=O) groups excluding carboxylic acids is 2. The summed E-state index contributed by atoms with van der Waals surface area (Å²) >= 11 is 0. The van der Waals surface area contributed by atoms with Crippen molar-refractivity contribution in [2.75, 3.05) is 13.2 Å². The van der Waals surface area contributed by atoms with Crippen molar-refractivity contribution in [2.45, 2.75) is 17.1 Å². The van der Waals surface area contributed by atoms with Gasteiger partial charge in [0.1, 0.15) is 0 Å². The first-order chi connectivity index (χ1) is 10.8. The molecule has 7 nitrogen and oxygen atoms in total. The van der Waals surface area contributed by atoms with E-state index < -0.39 is 39.0 Å². The van der Waals surface area contributed by atoms with Gasteiger partial charge >= 0.3 is 11.7 Å². The Balaban J connectivity index is 2.62. The van der Waals surface area contributed by atoms with Crippen LogP contribution in [0.25, 0.3) is 0 Å². The zero-order valence-electron chi connectivity index (χ0n) is 11.7. The maximum Gasteiger partial charge on any atom is 0.341 e. The van der Waals surface area contributed by atoms with Gasteiger partial charge in [-0.05, 0) is 24.3 Å². The van der Waals surface area contributed by atoms with Crippen LogP contribution >= 0.6 is 0 Å². The Kier molecular flexibility index (Phi) is 6.59. The Hall–Kier alpha value is -2.54. The fraction of sp³-hybridized carbons (Fsp3) is 0.308. The number of amides is 1. The molecule has 0 aliphatic rings. The number of nitrogens with zero attached hydrogens (tertiary/aromatic N) is 1. The molecule has 0 aliphatic heterocycles. The van der Waals surface area contributed by atoms with Crippen molar-refractivity contribution in [3.8, 4) is 6.07 Å². The van der Waals surface area contributed by atoms with Gasteiger partial charge in [0.25, 0.3) is 5.91 Å². The molecule has 0 spiro atoms. The number of sulfone groups is 1. The molecular formula is C13H12F2N2O5S. The Bertz CT molecular complexity index is 711. The van der Waals surface area contributed by atoms with E-state index in [-0.39, 0.29) is 18.5 Å². The Labute approximate surface area is 130 Å². The topological polar surface area (TPSA) is 113 Å². The summed E-state index contributed by atoms with van der Waals surface area (Å²) in [5.41, 5.74) is -0.0944. The average molecular weight is 346 g/mol. The molecule has 1 rings (SSSR count). The summed E-state index contributed by atoms with van der Waals surface area (Å²) in [7, 11) is -4.73. The lowest BCUT2D eigenvalue weighted by molar-refractivity contribution is -0.124. The van der Waals surface area contributed by atoms with E-state index in [4.69, 9.17) is 5.26 Å². The lowest BCUT2D eigenvalue weighted by Gasteiger charge is -2.06. The molecule has 0 aliphatic carbocycles. The van der Waals surface area contributed by atoms with Crippen LogP contribution in [0.15, 0.2) is 29.2 Å². The summed E-state index contributed by atoms with van der Waals surface area (Å²) in [6, 6.07) is 5.53. The Morgan fingerprint density at radius 1 is 1.26 bits per heavy atom. The zero-order valence-corrected chi connectivity index (χ0v) is 12.5. The van der Waals surface area contributed by atoms with Gasteiger partial charge in [0, 0.05) is 6.54 Å². The number of ether oxygens (including phenoxy) is 1. The van der Waals surface area contributed by atoms with Gasteiger partial charge in [0.15, 0.2) is 6.61 Å². The van der Waals surface area contributed by atoms with Crippen LogP contribution in [0.3, 0.4) is 0 Å². The summed E-state index contributed by atoms with van der Waals surface area (Å²) in [6.45, 7) is -0.464. The third kappa shape index (κ3) is 5.30. The van der Waals surface area contributed by atoms with Crippen molar-refractivity contribution in [2.24, 2.45) is 0 Å². The number of rotatable bonds is 7. The van der Waals surface area contributed by atoms with Gasteiger partial charge in [-0.1, -0.05) is 0 Å². The minimum Gasteiger partial charge on any atom is -0.452 e. The van der Waals surface area contributed by atoms with E-state index in [0.29, 0.717) is 0 Å². The molecule has 1 N–H and O–H groups in total. The molecule has 1 amide bonds. The van der Waals surface area contributed by atoms with E-state index in [1.165, 1.54) is 0 Å². The number of alkyl halides is 2. The normalized spacial score (nSPS) is 10.9. The first-order valence-corrected chi connectivity index (χ1v) is 7.76. The van der Waals surface area contributed by atoms with Crippen LogP contribution in [0.2, 0.25) is 0 Å². The highest BCUT2D eigenvalue weighted by atomic mass is 32.2. The first kappa shape index (κ1) is 18.5. The van der Waals surface area contributed by atoms with E-state index in [1.807, 2.05) is 6.07 Å². The maximum absolute atomic E-state index is 12.4. The van der Waals surface area contributed by atoms with E-state index >= 15 is 0 Å². The van der Waals surface area contributed by atoms with Crippen molar-refractivity contribution in [1.82, 2.24) is 5.32 Å². The molecule has 0 aromatic heterocycles. The number of nitriles is 1. The highest BCUT2D eigenvalue weighted by Gasteiger charge is 2.26. The molecule has 0 saturated heterocycles. The number of halogens is 2. The number of carbonyl (C=O) groups is 2. The van der Waals surface area contributed by atoms with Crippen LogP contribution in [-0.2, 0) is 19.4 Å². The van der Waals surface area contributed by atoms with Crippen molar-refractivity contribution in [1.29, 1.82) is 5.26 Å². The molecule has 0 bridgehead atoms. The van der Waals surface area contributed by atoms with Crippen molar-refractivity contribution in [3.05, 3.63) is 29.8 Å². The Morgan fingerprint density at radius 2 is 1.87 bits per heavy atom. The van der Waals surface area contributed by atoms with Crippen LogP contribution in [0.5, 0.6) is 0 Å². The third-order valence-electron chi connectivity index (χ3n) is 2.55. The molecule has 0 radical (unpaired) electrons. The van der Waals surface area contributed by atoms with Gasteiger partial charge in [-0.2, -0.15) is 14.0 Å². The number of benzene rings is 1. The summed E-state index contributed by atoms with van der Waals surface area (Å²) in [5, 5.41) is 10.6. The lowest BCUT2D eigenvalue weighted by Crippen LogP contribution is -2.29. The molecule has 1 aromatic carbocycles. The van der Waals surface area contributed by atoms with Crippen LogP contribution in [0, 0.1) is 11.3 Å². The molecule has 23 heavy (non-hydrogen) atoms. The minimum absolute atomic E-state index is 0.0944. The van der Waals surface area contributed by atoms with E-state index in [2.05, 4.69) is 10.1 Å². The van der Waals surface area contributed by atoms with Gasteiger partial charge in [0.2, 0.25) is 9.84 Å². The molecule has 0 atom stereocenters. The van der Waals surface area contributed by atoms with Gasteiger partial charge in [-0.25, -0.2) is 13.2 Å². The maximum atomic E-state index is 12.4. The second-order valence-electron chi connectivity index (χ2n) is 4.16. The lowest BCUT2D eigenvalue weighted by atomic mass is 10.2. The second kappa shape index (κ2) is 8.19. The number of nitrogens with one attached hydrogen (secondary N) is 1. The van der Waals surface area contributed by atoms with Crippen molar-refractivity contribution in [3.63, 3.8) is 0 Å². The standard InChI is InChI=1S/C13H12F2N2O5S/c14-13(15)23(20,21)10-4-2-9(3-5-10)12(19)22-8-11(18)17-7-1-6-16/h2-5,13H,1,7-8H2,(H,17,18). The van der Waals surface area contributed by atoms with Gasteiger partial charge in [-0.15, -0.1) is 0 Å². The van der Waals surface area contributed by atoms with Crippen LogP contribution in [-0.4, -0.2) is 39.2 Å². The van der Waals surface area contributed by atoms with Gasteiger partial charge in [-0.3, -0.25) is 4.79 Å². The van der Waals surface area contributed by atoms with Crippen LogP contribution in [0.1, 0.15) is 16.8 Å². The average Bonchev–Trinajstić information content (AvgIpc) is 2.52. The van der Waals surface area contributed by atoms with Crippen LogP contribution in [0.4, 0.5) is 8.78 Å². The highest BCUT2D eigenvalue weighted by Crippen LogP contribution is 2.18. The predicted octanol–water partition coefficient (Wildman–Crippen LogP) is 0.870. The summed E-state index contributed by atoms with van der Waals surface area (Å²) in [4.78, 5) is 22.2. The third-order valence-corrected chi connectivity index (χ3v) is 3.94. The number of esters is 1. The zero-order chi connectivity index (χ0) is 17.5. The Morgan fingerprint density at radius 3 is 2.39 bits per heavy atom. The molecule has 0 fully saturated rings. The monoisotopic (exact) mass is 346 g/mol. The molecule has 0 saturated carbocycles. The fourth-order valence-corrected chi connectivity index (χ4v) is 2.13. The van der Waals surface area contributed by atoms with Gasteiger partial charge < -0.3 is 10.1 Å². The molecule has 0 unspecified atom stereocenters. The fourth-order valence-electron chi connectivity index (χ4n) is 1.41. The molecule has 0 heterocycles. The van der Waals surface area contributed by atoms with E-state index in [9.17, 15) is 26.8 Å². The minimum atomic E-state index is -4.73. The summed E-state index contributed by atoms with van der Waals surface area (Å²) in [5.74, 6) is -5.08. The van der Waals surface area contributed by atoms with Gasteiger partial charge in [0.05, 0.1) is 22.9 Å². The SMILES string of the molecule is N#CCCNC(=O)COC(=O)c1ccc(S(=O)(=O)C(F)F)cc1. The molecular weight excluding hydrogens is 334 g/mol. The smallest absolute Gasteiger partial charge is 0.341 e. The van der Waals surface area contributed by atoms with E-state index in [1.54, 1.807) is 0 Å². The molecule has 1 aromatic rings. The highest BCUT2D eigenvalue weighted by molar-refractivity contribution is 7.91.